The zero-order valence-corrected chi connectivity index (χ0v) is 17.0. The van der Waals surface area contributed by atoms with Crippen molar-refractivity contribution in [2.24, 2.45) is 0 Å². The number of hydrogen-bond acceptors (Lipinski definition) is 2. The van der Waals surface area contributed by atoms with Gasteiger partial charge in [0.05, 0.1) is 30.2 Å². The van der Waals surface area contributed by atoms with Gasteiger partial charge in [-0.2, -0.15) is 0 Å². The molecule has 3 N–H and O–H groups in total. The van der Waals surface area contributed by atoms with Crippen molar-refractivity contribution in [3.63, 3.8) is 0 Å². The lowest BCUT2D eigenvalue weighted by molar-refractivity contribution is -0.918. The van der Waals surface area contributed by atoms with E-state index in [9.17, 15) is 9.59 Å². The second kappa shape index (κ2) is 9.92. The third-order valence-electron chi connectivity index (χ3n) is 4.95. The molecule has 148 valence electrons. The Labute approximate surface area is 175 Å². The number of hydrogen-bond donors (Lipinski definition) is 3. The predicted octanol–water partition coefficient (Wildman–Crippen LogP) is 2.09. The first-order chi connectivity index (χ1) is 13.5. The smallest absolute Gasteiger partial charge is 0.253 e. The lowest BCUT2D eigenvalue weighted by atomic mass is 10.0. The molecule has 1 aliphatic heterocycles. The summed E-state index contributed by atoms with van der Waals surface area (Å²) in [7, 11) is 0. The van der Waals surface area contributed by atoms with Crippen LogP contribution in [0, 0.1) is 0 Å². The van der Waals surface area contributed by atoms with Crippen LogP contribution in [-0.4, -0.2) is 37.5 Å². The van der Waals surface area contributed by atoms with Crippen molar-refractivity contribution in [3.05, 3.63) is 69.7 Å². The van der Waals surface area contributed by atoms with Gasteiger partial charge in [0.15, 0.2) is 0 Å². The Morgan fingerprint density at radius 1 is 1.00 bits per heavy atom. The van der Waals surface area contributed by atoms with E-state index in [1.54, 1.807) is 24.3 Å². The standard InChI is InChI=1S/C21H23Cl2N3O2/c22-16-7-5-15(6-8-16)14-26-11-9-17(10-12-26)25-20(27)13-24-21(28)18-3-1-2-4-19(18)23/h1-8,17H,9-14H2,(H,24,28)(H,25,27)/p+1. The molecule has 1 heterocycles. The molecule has 0 bridgehead atoms. The highest BCUT2D eigenvalue weighted by atomic mass is 35.5. The number of carbonyl (C=O) groups excluding carboxylic acids is 2. The quantitative estimate of drug-likeness (QED) is 0.669. The van der Waals surface area contributed by atoms with E-state index in [2.05, 4.69) is 22.8 Å². The highest BCUT2D eigenvalue weighted by Crippen LogP contribution is 2.14. The average molecular weight is 421 g/mol. The summed E-state index contributed by atoms with van der Waals surface area (Å²) >= 11 is 11.9. The van der Waals surface area contributed by atoms with E-state index in [-0.39, 0.29) is 24.4 Å². The van der Waals surface area contributed by atoms with Gasteiger partial charge in [-0.05, 0) is 24.3 Å². The monoisotopic (exact) mass is 420 g/mol. The van der Waals surface area contributed by atoms with Crippen LogP contribution in [-0.2, 0) is 11.3 Å². The zero-order chi connectivity index (χ0) is 19.9. The fourth-order valence-electron chi connectivity index (χ4n) is 3.42. The van der Waals surface area contributed by atoms with Crippen LogP contribution in [0.5, 0.6) is 0 Å². The summed E-state index contributed by atoms with van der Waals surface area (Å²) in [4.78, 5) is 25.8. The summed E-state index contributed by atoms with van der Waals surface area (Å²) in [6.07, 6.45) is 1.85. The Morgan fingerprint density at radius 2 is 1.68 bits per heavy atom. The van der Waals surface area contributed by atoms with Gasteiger partial charge in [-0.25, -0.2) is 0 Å². The first-order valence-corrected chi connectivity index (χ1v) is 10.2. The van der Waals surface area contributed by atoms with Crippen molar-refractivity contribution in [2.75, 3.05) is 19.6 Å². The average Bonchev–Trinajstić information content (AvgIpc) is 2.70. The number of halogens is 2. The van der Waals surface area contributed by atoms with Crippen molar-refractivity contribution in [3.8, 4) is 0 Å². The van der Waals surface area contributed by atoms with Crippen molar-refractivity contribution in [2.45, 2.75) is 25.4 Å². The number of nitrogens with one attached hydrogen (secondary N) is 3. The van der Waals surface area contributed by atoms with Gasteiger partial charge >= 0.3 is 0 Å². The summed E-state index contributed by atoms with van der Waals surface area (Å²) in [6, 6.07) is 14.9. The normalized spacial score (nSPS) is 19.1. The Balaban J connectivity index is 1.38. The Bertz CT molecular complexity index is 819. The lowest BCUT2D eigenvalue weighted by Gasteiger charge is -2.29. The minimum absolute atomic E-state index is 0.0537. The number of benzene rings is 2. The first-order valence-electron chi connectivity index (χ1n) is 9.41. The summed E-state index contributed by atoms with van der Waals surface area (Å²) in [6.45, 7) is 2.91. The summed E-state index contributed by atoms with van der Waals surface area (Å²) in [5, 5.41) is 6.76. The van der Waals surface area contributed by atoms with Gasteiger partial charge in [0.25, 0.3) is 5.91 Å². The number of piperidine rings is 1. The van der Waals surface area contributed by atoms with Crippen LogP contribution in [0.4, 0.5) is 0 Å². The number of carbonyl (C=O) groups is 2. The van der Waals surface area contributed by atoms with Crippen LogP contribution in [0.2, 0.25) is 10.0 Å². The predicted molar refractivity (Wildman–Crippen MR) is 111 cm³/mol. The van der Waals surface area contributed by atoms with E-state index < -0.39 is 0 Å². The van der Waals surface area contributed by atoms with Crippen LogP contribution in [0.1, 0.15) is 28.8 Å². The number of amides is 2. The van der Waals surface area contributed by atoms with Crippen LogP contribution in [0.15, 0.2) is 48.5 Å². The van der Waals surface area contributed by atoms with E-state index in [0.29, 0.717) is 10.6 Å². The molecule has 28 heavy (non-hydrogen) atoms. The number of quaternary nitrogens is 1. The molecule has 2 amide bonds. The second-order valence-corrected chi connectivity index (χ2v) is 7.90. The molecular weight excluding hydrogens is 397 g/mol. The highest BCUT2D eigenvalue weighted by Gasteiger charge is 2.23. The molecule has 5 nitrogen and oxygen atoms in total. The molecule has 0 saturated carbocycles. The SMILES string of the molecule is O=C(CNC(=O)c1ccccc1Cl)NC1CC[NH+](Cc2ccc(Cl)cc2)CC1. The topological polar surface area (TPSA) is 62.6 Å². The zero-order valence-electron chi connectivity index (χ0n) is 15.5. The molecule has 7 heteroatoms. The Kier molecular flexibility index (Phi) is 7.31. The molecule has 1 fully saturated rings. The maximum atomic E-state index is 12.2. The van der Waals surface area contributed by atoms with Gasteiger partial charge in [0, 0.05) is 29.5 Å². The van der Waals surface area contributed by atoms with Crippen LogP contribution >= 0.6 is 23.2 Å². The molecule has 2 aromatic rings. The van der Waals surface area contributed by atoms with Gasteiger partial charge in [-0.1, -0.05) is 47.5 Å². The summed E-state index contributed by atoms with van der Waals surface area (Å²) < 4.78 is 0. The number of likely N-dealkylation sites (tertiary alicyclic amines) is 1. The van der Waals surface area contributed by atoms with Gasteiger partial charge in [-0.3, -0.25) is 9.59 Å². The van der Waals surface area contributed by atoms with E-state index in [1.807, 2.05) is 12.1 Å². The van der Waals surface area contributed by atoms with E-state index >= 15 is 0 Å². The Hall–Kier alpha value is -2.08. The van der Waals surface area contributed by atoms with Crippen molar-refractivity contribution < 1.29 is 14.5 Å². The molecule has 0 radical (unpaired) electrons. The van der Waals surface area contributed by atoms with Gasteiger partial charge in [-0.15, -0.1) is 0 Å². The molecule has 0 spiro atoms. The third-order valence-corrected chi connectivity index (χ3v) is 5.53. The molecule has 0 atom stereocenters. The molecule has 0 unspecified atom stereocenters. The minimum Gasteiger partial charge on any atom is -0.351 e. The minimum atomic E-state index is -0.344. The molecule has 0 aliphatic carbocycles. The highest BCUT2D eigenvalue weighted by molar-refractivity contribution is 6.33. The maximum Gasteiger partial charge on any atom is 0.253 e. The fraction of sp³-hybridized carbons (Fsp3) is 0.333. The van der Waals surface area contributed by atoms with Crippen molar-refractivity contribution in [1.29, 1.82) is 0 Å². The van der Waals surface area contributed by atoms with Crippen molar-refractivity contribution >= 4 is 35.0 Å². The maximum absolute atomic E-state index is 12.2. The van der Waals surface area contributed by atoms with Crippen LogP contribution < -0.4 is 15.5 Å². The first kappa shape index (κ1) is 20.6. The molecule has 1 aliphatic rings. The molecule has 0 aromatic heterocycles. The van der Waals surface area contributed by atoms with Crippen molar-refractivity contribution in [1.82, 2.24) is 10.6 Å². The van der Waals surface area contributed by atoms with Gasteiger partial charge in [0.2, 0.25) is 5.91 Å². The van der Waals surface area contributed by atoms with Gasteiger partial charge < -0.3 is 15.5 Å². The summed E-state index contributed by atoms with van der Waals surface area (Å²) in [5.41, 5.74) is 1.64. The van der Waals surface area contributed by atoms with Gasteiger partial charge in [0.1, 0.15) is 6.54 Å². The molecule has 1 saturated heterocycles. The Morgan fingerprint density at radius 3 is 2.36 bits per heavy atom. The largest absolute Gasteiger partial charge is 0.351 e. The fourth-order valence-corrected chi connectivity index (χ4v) is 3.77. The third kappa shape index (κ3) is 5.96. The van der Waals surface area contributed by atoms with Crippen LogP contribution in [0.25, 0.3) is 0 Å². The van der Waals surface area contributed by atoms with E-state index in [4.69, 9.17) is 23.2 Å². The molecule has 3 rings (SSSR count). The molecule has 2 aromatic carbocycles. The lowest BCUT2D eigenvalue weighted by Crippen LogP contribution is -3.12. The second-order valence-electron chi connectivity index (χ2n) is 7.06. The summed E-state index contributed by atoms with van der Waals surface area (Å²) in [5.74, 6) is -0.519. The van der Waals surface area contributed by atoms with Crippen LogP contribution in [0.3, 0.4) is 0 Å². The molecular formula is C21H24Cl2N3O2+. The van der Waals surface area contributed by atoms with E-state index in [1.165, 1.54) is 10.5 Å². The number of rotatable bonds is 6. The van der Waals surface area contributed by atoms with E-state index in [0.717, 1.165) is 37.5 Å².